The Morgan fingerprint density at radius 1 is 0.288 bits per heavy atom. The molecule has 104 heavy (non-hydrogen) atoms. The lowest BCUT2D eigenvalue weighted by Crippen LogP contribution is -2.60. The first-order chi connectivity index (χ1) is 50.1. The Balaban J connectivity index is 0.763. The number of nitrogens with zero attached hydrogens (tertiary/aromatic N) is 5. The van der Waals surface area contributed by atoms with Gasteiger partial charge in [0.2, 0.25) is 0 Å². The van der Waals surface area contributed by atoms with E-state index in [0.717, 1.165) is 23.5 Å². The van der Waals surface area contributed by atoms with Crippen molar-refractivity contribution in [1.29, 1.82) is 0 Å². The van der Waals surface area contributed by atoms with Gasteiger partial charge in [-0.1, -0.05) is 252 Å². The summed E-state index contributed by atoms with van der Waals surface area (Å²) < 4.78 is 10.5. The number of aromatic nitrogens is 4. The third kappa shape index (κ3) is 9.34. The second-order valence-corrected chi connectivity index (χ2v) is 34.1. The van der Waals surface area contributed by atoms with Crippen LogP contribution in [0.5, 0.6) is 0 Å². The van der Waals surface area contributed by atoms with Crippen LogP contribution in [0.3, 0.4) is 0 Å². The van der Waals surface area contributed by atoms with Crippen LogP contribution in [-0.4, -0.2) is 31.7 Å². The van der Waals surface area contributed by atoms with Crippen molar-refractivity contribution in [3.63, 3.8) is 0 Å². The molecule has 0 saturated carbocycles. The van der Waals surface area contributed by atoms with Crippen LogP contribution in [0, 0.1) is 6.92 Å². The van der Waals surface area contributed by atoms with Crippen molar-refractivity contribution in [2.24, 2.45) is 0 Å². The van der Waals surface area contributed by atoms with Gasteiger partial charge in [0.1, 0.15) is 0 Å². The van der Waals surface area contributed by atoms with Crippen molar-refractivity contribution in [3.05, 3.63) is 306 Å². The molecule has 0 fully saturated rings. The Morgan fingerprint density at radius 2 is 0.577 bits per heavy atom. The van der Waals surface area contributed by atoms with Gasteiger partial charge in [-0.15, -0.1) is 0 Å². The average molecular weight is 1340 g/mol. The normalized spacial score (nSPS) is 13.4. The van der Waals surface area contributed by atoms with Crippen LogP contribution in [0.25, 0.3) is 111 Å². The van der Waals surface area contributed by atoms with E-state index in [1.807, 2.05) is 0 Å². The van der Waals surface area contributed by atoms with Crippen LogP contribution in [0.15, 0.2) is 273 Å². The Hall–Kier alpha value is -11.3. The van der Waals surface area contributed by atoms with Crippen LogP contribution >= 0.6 is 0 Å². The average Bonchev–Trinajstić information content (AvgIpc) is 1.44. The van der Waals surface area contributed by atoms with Gasteiger partial charge in [-0.3, -0.25) is 0 Å². The predicted molar refractivity (Wildman–Crippen MR) is 444 cm³/mol. The lowest BCUT2D eigenvalue weighted by atomic mass is 9.34. The summed E-state index contributed by atoms with van der Waals surface area (Å²) in [6.07, 6.45) is 0.850. The minimum atomic E-state index is -0.284. The molecule has 12 aromatic carbocycles. The van der Waals surface area contributed by atoms with Crippen LogP contribution in [0.4, 0.5) is 17.1 Å². The molecule has 8 heterocycles. The zero-order valence-electron chi connectivity index (χ0n) is 61.6. The molecule has 0 spiro atoms. The fraction of sp³-hybridized carbons (Fsp3) is 0.175. The van der Waals surface area contributed by atoms with Crippen molar-refractivity contribution in [3.8, 4) is 67.8 Å². The lowest BCUT2D eigenvalue weighted by molar-refractivity contribution is 0.523. The highest BCUT2D eigenvalue weighted by atomic mass is 15.2. The van der Waals surface area contributed by atoms with Crippen LogP contribution < -0.4 is 37.7 Å². The standard InChI is InChI=1S/C97H83B2N5/c1-59-42-84-88-85(43-59)102-83(50-67-46-71(96(8,9)10)53-77(91(67)102)98(88)76-52-69(94(2,3)4)44-65-48-80(101(84)90(65)76)61-28-18-13-19-29-61)64-40-38-60(39-41-64)58-97(11,12)72-47-68-51-82(63-32-22-15-23-33-63)104-87-57-75(100(73-34-24-16-25-35-73)74-36-26-17-27-37-74)56-86-89(87)99(79(55-72)93(68)104)78-54-70(95(5,6)7)45-66-49-81(103(86)92(66)78)62-30-20-14-21-31-62/h13-57H,58H2,1-12H3. The Kier molecular flexibility index (Phi) is 13.3. The maximum Gasteiger partial charge on any atom is 0.252 e. The molecule has 0 bridgehead atoms. The van der Waals surface area contributed by atoms with E-state index in [0.29, 0.717) is 0 Å². The van der Waals surface area contributed by atoms with Crippen molar-refractivity contribution >= 4 is 107 Å². The molecule has 0 atom stereocenters. The second-order valence-electron chi connectivity index (χ2n) is 34.1. The number of benzene rings is 12. The third-order valence-corrected chi connectivity index (χ3v) is 23.7. The molecule has 16 aromatic rings. The number of hydrogen-bond acceptors (Lipinski definition) is 1. The summed E-state index contributed by atoms with van der Waals surface area (Å²) in [5.41, 5.74) is 38.8. The Labute approximate surface area is 611 Å². The summed E-state index contributed by atoms with van der Waals surface area (Å²) >= 11 is 0. The molecule has 20 rings (SSSR count). The molecule has 0 unspecified atom stereocenters. The highest BCUT2D eigenvalue weighted by Gasteiger charge is 2.46. The molecular formula is C97H83B2N5. The molecule has 4 aromatic heterocycles. The minimum absolute atomic E-state index is 0.0468. The van der Waals surface area contributed by atoms with Gasteiger partial charge in [0.25, 0.3) is 13.4 Å². The Morgan fingerprint density at radius 3 is 0.904 bits per heavy atom. The fourth-order valence-electron chi connectivity index (χ4n) is 18.6. The van der Waals surface area contributed by atoms with Crippen LogP contribution in [-0.2, 0) is 28.1 Å². The van der Waals surface area contributed by atoms with Crippen molar-refractivity contribution < 1.29 is 0 Å². The molecule has 4 aliphatic rings. The van der Waals surface area contributed by atoms with Crippen molar-refractivity contribution in [1.82, 2.24) is 18.3 Å². The van der Waals surface area contributed by atoms with E-state index < -0.39 is 0 Å². The van der Waals surface area contributed by atoms with Gasteiger partial charge in [-0.25, -0.2) is 0 Å². The van der Waals surface area contributed by atoms with E-state index in [9.17, 15) is 0 Å². The molecule has 0 radical (unpaired) electrons. The van der Waals surface area contributed by atoms with Gasteiger partial charge >= 0.3 is 0 Å². The number of rotatable bonds is 10. The van der Waals surface area contributed by atoms with E-state index >= 15 is 0 Å². The van der Waals surface area contributed by atoms with Gasteiger partial charge in [-0.05, 0) is 220 Å². The van der Waals surface area contributed by atoms with E-state index in [4.69, 9.17) is 0 Å². The first kappa shape index (κ1) is 62.5. The van der Waals surface area contributed by atoms with E-state index in [-0.39, 0.29) is 35.1 Å². The quantitative estimate of drug-likeness (QED) is 0.125. The minimum Gasteiger partial charge on any atom is -0.310 e. The Bertz CT molecular complexity index is 6220. The summed E-state index contributed by atoms with van der Waals surface area (Å²) in [6, 6.07) is 105. The molecule has 0 saturated heterocycles. The predicted octanol–water partition coefficient (Wildman–Crippen LogP) is 20.6. The summed E-state index contributed by atoms with van der Waals surface area (Å²) in [5, 5.41) is 5.13. The molecule has 4 aliphatic heterocycles. The largest absolute Gasteiger partial charge is 0.310 e. The van der Waals surface area contributed by atoms with Crippen molar-refractivity contribution in [2.45, 2.75) is 111 Å². The van der Waals surface area contributed by atoms with Gasteiger partial charge in [-0.2, -0.15) is 0 Å². The van der Waals surface area contributed by atoms with E-state index in [1.54, 1.807) is 0 Å². The van der Waals surface area contributed by atoms with Gasteiger partial charge in [0, 0.05) is 77.7 Å². The fourth-order valence-corrected chi connectivity index (χ4v) is 18.6. The highest BCUT2D eigenvalue weighted by molar-refractivity contribution is 7.01. The first-order valence-electron chi connectivity index (χ1n) is 37.4. The van der Waals surface area contributed by atoms with E-state index in [2.05, 4.69) is 379 Å². The SMILES string of the molecule is Cc1cc2c3c(c1)-n1c(-c4ccc(CC(C)(C)c5cc6c7c(c5)cc(-c5ccccc5)n7-c5cc(N(c7ccccc7)c7ccccc7)cc7c5B6c5cc(C(C)(C)C)cc6cc(-c8ccccc8)n-7c56)cc4)cc4cc(C(C)(C)C)cc(c41)B3c1cc(C(C)(C)C)cc3cc(-c4ccccc4)n-2c13. The lowest BCUT2D eigenvalue weighted by Gasteiger charge is -2.37. The molecule has 0 aliphatic carbocycles. The van der Waals surface area contributed by atoms with E-state index in [1.165, 1.54) is 178 Å². The van der Waals surface area contributed by atoms with Crippen molar-refractivity contribution in [2.75, 3.05) is 4.90 Å². The molecular weight excluding hydrogens is 1260 g/mol. The number of fused-ring (bicyclic) bond motifs is 8. The molecule has 5 nitrogen and oxygen atoms in total. The summed E-state index contributed by atoms with van der Waals surface area (Å²) in [7, 11) is 0. The third-order valence-electron chi connectivity index (χ3n) is 23.7. The smallest absolute Gasteiger partial charge is 0.252 e. The summed E-state index contributed by atoms with van der Waals surface area (Å²) in [6.45, 7) is 28.6. The monoisotopic (exact) mass is 1340 g/mol. The highest BCUT2D eigenvalue weighted by Crippen LogP contribution is 2.47. The van der Waals surface area contributed by atoms with Crippen LogP contribution in [0.2, 0.25) is 0 Å². The van der Waals surface area contributed by atoms with Crippen LogP contribution in [0.1, 0.15) is 110 Å². The van der Waals surface area contributed by atoms with Gasteiger partial charge < -0.3 is 23.2 Å². The molecule has 0 amide bonds. The van der Waals surface area contributed by atoms with Gasteiger partial charge in [0.05, 0.1) is 28.5 Å². The summed E-state index contributed by atoms with van der Waals surface area (Å²) in [5.74, 6) is 0. The number of anilines is 3. The number of para-hydroxylation sites is 2. The maximum absolute atomic E-state index is 2.65. The zero-order chi connectivity index (χ0) is 70.8. The number of aryl methyl sites for hydroxylation is 1. The molecule has 7 heteroatoms. The second kappa shape index (κ2) is 22.1. The first-order valence-corrected chi connectivity index (χ1v) is 37.4. The zero-order valence-corrected chi connectivity index (χ0v) is 61.6. The maximum atomic E-state index is 2.65. The van der Waals surface area contributed by atoms with Gasteiger partial charge in [0.15, 0.2) is 0 Å². The summed E-state index contributed by atoms with van der Waals surface area (Å²) in [4.78, 5) is 2.45. The molecule has 0 N–H and O–H groups in total. The molecule has 502 valence electrons. The number of hydrogen-bond donors (Lipinski definition) is 0. The topological polar surface area (TPSA) is 23.0 Å².